The number of carbonyl (C=O) groups is 1. The van der Waals surface area contributed by atoms with Gasteiger partial charge in [0.1, 0.15) is 0 Å². The Labute approximate surface area is 116 Å². The second-order valence-electron chi connectivity index (χ2n) is 4.66. The van der Waals surface area contributed by atoms with E-state index in [2.05, 4.69) is 0 Å². The van der Waals surface area contributed by atoms with Gasteiger partial charge in [-0.05, 0) is 18.1 Å². The number of amides is 1. The van der Waals surface area contributed by atoms with E-state index in [0.29, 0.717) is 11.1 Å². The van der Waals surface area contributed by atoms with Crippen molar-refractivity contribution in [3.63, 3.8) is 0 Å². The fraction of sp³-hybridized carbons (Fsp3) is 0.133. The highest BCUT2D eigenvalue weighted by Crippen LogP contribution is 2.33. The summed E-state index contributed by atoms with van der Waals surface area (Å²) in [5, 5.41) is 10.9. The number of carbonyl (C=O) groups excluding carboxylic acids is 1. The molecule has 0 bridgehead atoms. The molecule has 2 aromatic rings. The molecular weight excluding hydrogens is 256 g/mol. The first-order chi connectivity index (χ1) is 9.46. The van der Waals surface area contributed by atoms with Crippen molar-refractivity contribution in [3.05, 3.63) is 75.8 Å². The van der Waals surface area contributed by atoms with Crippen LogP contribution in [-0.2, 0) is 10.2 Å². The van der Waals surface area contributed by atoms with E-state index in [4.69, 9.17) is 5.73 Å². The second kappa shape index (κ2) is 5.13. The van der Waals surface area contributed by atoms with E-state index in [-0.39, 0.29) is 5.69 Å². The first-order valence-corrected chi connectivity index (χ1v) is 6.06. The zero-order valence-corrected chi connectivity index (χ0v) is 10.9. The number of nitrogens with zero attached hydrogens (tertiary/aromatic N) is 1. The number of primary amides is 1. The summed E-state index contributed by atoms with van der Waals surface area (Å²) >= 11 is 0. The molecule has 2 N–H and O–H groups in total. The van der Waals surface area contributed by atoms with Crippen LogP contribution in [0.5, 0.6) is 0 Å². The first kappa shape index (κ1) is 13.7. The number of nitro groups is 1. The number of hydrogen-bond acceptors (Lipinski definition) is 3. The molecule has 0 saturated heterocycles. The van der Waals surface area contributed by atoms with Gasteiger partial charge in [-0.2, -0.15) is 0 Å². The number of nitrogens with two attached hydrogens (primary N) is 1. The molecule has 0 aliphatic rings. The molecule has 5 nitrogen and oxygen atoms in total. The van der Waals surface area contributed by atoms with Gasteiger partial charge >= 0.3 is 0 Å². The zero-order valence-electron chi connectivity index (χ0n) is 10.9. The Hall–Kier alpha value is -2.69. The van der Waals surface area contributed by atoms with Crippen LogP contribution in [0.15, 0.2) is 54.6 Å². The van der Waals surface area contributed by atoms with Crippen molar-refractivity contribution in [3.8, 4) is 0 Å². The summed E-state index contributed by atoms with van der Waals surface area (Å²) in [5.74, 6) is -0.552. The summed E-state index contributed by atoms with van der Waals surface area (Å²) in [4.78, 5) is 22.3. The summed E-state index contributed by atoms with van der Waals surface area (Å²) in [5.41, 5.74) is 5.59. The first-order valence-electron chi connectivity index (χ1n) is 6.06. The monoisotopic (exact) mass is 270 g/mol. The molecule has 102 valence electrons. The molecule has 0 saturated carbocycles. The van der Waals surface area contributed by atoms with Gasteiger partial charge in [0.05, 0.1) is 10.3 Å². The van der Waals surface area contributed by atoms with Gasteiger partial charge in [-0.3, -0.25) is 14.9 Å². The number of non-ortho nitro benzene ring substituents is 1. The minimum Gasteiger partial charge on any atom is -0.369 e. The Morgan fingerprint density at radius 2 is 1.70 bits per heavy atom. The van der Waals surface area contributed by atoms with E-state index >= 15 is 0 Å². The summed E-state index contributed by atoms with van der Waals surface area (Å²) < 4.78 is 0. The van der Waals surface area contributed by atoms with Crippen LogP contribution in [0.3, 0.4) is 0 Å². The Balaban J connectivity index is 2.63. The van der Waals surface area contributed by atoms with Crippen LogP contribution in [0.2, 0.25) is 0 Å². The Kier molecular flexibility index (Phi) is 3.52. The van der Waals surface area contributed by atoms with Crippen LogP contribution in [0.1, 0.15) is 18.1 Å². The molecule has 2 rings (SSSR count). The molecule has 0 aliphatic carbocycles. The molecule has 0 spiro atoms. The van der Waals surface area contributed by atoms with Gasteiger partial charge in [-0.1, -0.05) is 42.5 Å². The number of benzene rings is 2. The highest BCUT2D eigenvalue weighted by Gasteiger charge is 2.36. The molecule has 0 aromatic heterocycles. The van der Waals surface area contributed by atoms with Crippen LogP contribution >= 0.6 is 0 Å². The van der Waals surface area contributed by atoms with Crippen molar-refractivity contribution in [2.24, 2.45) is 5.73 Å². The normalized spacial score (nSPS) is 13.4. The predicted octanol–water partition coefficient (Wildman–Crippen LogP) is 2.39. The molecule has 1 unspecified atom stereocenters. The maximum Gasteiger partial charge on any atom is 0.269 e. The van der Waals surface area contributed by atoms with Crippen molar-refractivity contribution in [2.75, 3.05) is 0 Å². The van der Waals surface area contributed by atoms with Crippen molar-refractivity contribution < 1.29 is 9.72 Å². The molecule has 0 fully saturated rings. The molecule has 5 heteroatoms. The SMILES string of the molecule is CC(C(N)=O)(c1ccccc1)c1cccc([N+](=O)[O-])c1. The molecule has 2 aromatic carbocycles. The standard InChI is InChI=1S/C15H14N2O3/c1-15(14(16)18,11-6-3-2-4-7-11)12-8-5-9-13(10-12)17(19)20/h2-10H,1H3,(H2,16,18). The second-order valence-corrected chi connectivity index (χ2v) is 4.66. The average molecular weight is 270 g/mol. The molecule has 1 atom stereocenters. The lowest BCUT2D eigenvalue weighted by Gasteiger charge is -2.27. The summed E-state index contributed by atoms with van der Waals surface area (Å²) in [6.07, 6.45) is 0. The van der Waals surface area contributed by atoms with Gasteiger partial charge < -0.3 is 5.73 Å². The lowest BCUT2D eigenvalue weighted by atomic mass is 9.75. The smallest absolute Gasteiger partial charge is 0.269 e. The van der Waals surface area contributed by atoms with Gasteiger partial charge in [0, 0.05) is 12.1 Å². The van der Waals surface area contributed by atoms with E-state index in [1.54, 1.807) is 43.3 Å². The fourth-order valence-electron chi connectivity index (χ4n) is 2.15. The van der Waals surface area contributed by atoms with Crippen molar-refractivity contribution in [2.45, 2.75) is 12.3 Å². The molecule has 20 heavy (non-hydrogen) atoms. The summed E-state index contributed by atoms with van der Waals surface area (Å²) in [7, 11) is 0. The highest BCUT2D eigenvalue weighted by molar-refractivity contribution is 5.90. The fourth-order valence-corrected chi connectivity index (χ4v) is 2.15. The maximum absolute atomic E-state index is 12.0. The van der Waals surface area contributed by atoms with Gasteiger partial charge in [0.15, 0.2) is 0 Å². The topological polar surface area (TPSA) is 86.2 Å². The number of rotatable bonds is 4. The third kappa shape index (κ3) is 2.25. The van der Waals surface area contributed by atoms with Crippen LogP contribution in [-0.4, -0.2) is 10.8 Å². The minimum absolute atomic E-state index is 0.0640. The van der Waals surface area contributed by atoms with E-state index in [1.807, 2.05) is 6.07 Å². The van der Waals surface area contributed by atoms with E-state index in [0.717, 1.165) is 0 Å². The summed E-state index contributed by atoms with van der Waals surface area (Å²) in [6.45, 7) is 1.67. The minimum atomic E-state index is -1.10. The Bertz CT molecular complexity index is 655. The van der Waals surface area contributed by atoms with Crippen LogP contribution in [0.4, 0.5) is 5.69 Å². The van der Waals surface area contributed by atoms with Gasteiger partial charge in [0.25, 0.3) is 5.69 Å². The van der Waals surface area contributed by atoms with E-state index in [9.17, 15) is 14.9 Å². The van der Waals surface area contributed by atoms with Gasteiger partial charge in [0.2, 0.25) is 5.91 Å². The Morgan fingerprint density at radius 3 is 2.25 bits per heavy atom. The predicted molar refractivity (Wildman–Crippen MR) is 75.2 cm³/mol. The molecule has 0 radical (unpaired) electrons. The third-order valence-electron chi connectivity index (χ3n) is 3.48. The molecular formula is C15H14N2O3. The third-order valence-corrected chi connectivity index (χ3v) is 3.48. The van der Waals surface area contributed by atoms with E-state index in [1.165, 1.54) is 12.1 Å². The largest absolute Gasteiger partial charge is 0.369 e. The lowest BCUT2D eigenvalue weighted by Crippen LogP contribution is -2.39. The summed E-state index contributed by atoms with van der Waals surface area (Å²) in [6, 6.07) is 15.0. The molecule has 0 aliphatic heterocycles. The Morgan fingerprint density at radius 1 is 1.10 bits per heavy atom. The van der Waals surface area contributed by atoms with Gasteiger partial charge in [-0.15, -0.1) is 0 Å². The highest BCUT2D eigenvalue weighted by atomic mass is 16.6. The van der Waals surface area contributed by atoms with Crippen LogP contribution in [0.25, 0.3) is 0 Å². The van der Waals surface area contributed by atoms with Crippen molar-refractivity contribution in [1.82, 2.24) is 0 Å². The lowest BCUT2D eigenvalue weighted by molar-refractivity contribution is -0.384. The molecule has 0 heterocycles. The maximum atomic E-state index is 12.0. The van der Waals surface area contributed by atoms with Crippen molar-refractivity contribution in [1.29, 1.82) is 0 Å². The van der Waals surface area contributed by atoms with Crippen LogP contribution < -0.4 is 5.73 Å². The van der Waals surface area contributed by atoms with Crippen molar-refractivity contribution >= 4 is 11.6 Å². The zero-order chi connectivity index (χ0) is 14.8. The van der Waals surface area contributed by atoms with Gasteiger partial charge in [-0.25, -0.2) is 0 Å². The quantitative estimate of drug-likeness (QED) is 0.683. The number of hydrogen-bond donors (Lipinski definition) is 1. The van der Waals surface area contributed by atoms with E-state index < -0.39 is 16.2 Å². The van der Waals surface area contributed by atoms with Crippen LogP contribution in [0, 0.1) is 10.1 Å². The molecule has 1 amide bonds. The average Bonchev–Trinajstić information content (AvgIpc) is 2.47. The number of nitro benzene ring substituents is 1.